The minimum Gasteiger partial charge on any atom is -0.493 e. The van der Waals surface area contributed by atoms with E-state index >= 15 is 0 Å². The lowest BCUT2D eigenvalue weighted by atomic mass is 9.90. The highest BCUT2D eigenvalue weighted by Crippen LogP contribution is 2.37. The number of fused-ring (bicyclic) bond motifs is 2. The number of aromatic nitrogens is 1. The Hall–Kier alpha value is -2.92. The number of benzene rings is 2. The number of carbonyl (C=O) groups excluding carboxylic acids is 1. The Morgan fingerprint density at radius 2 is 2.15 bits per heavy atom. The highest BCUT2D eigenvalue weighted by atomic mass is 16.5. The van der Waals surface area contributed by atoms with Crippen molar-refractivity contribution < 1.29 is 19.4 Å². The predicted molar refractivity (Wildman–Crippen MR) is 98.0 cm³/mol. The molecule has 0 bridgehead atoms. The van der Waals surface area contributed by atoms with Gasteiger partial charge in [-0.2, -0.15) is 0 Å². The van der Waals surface area contributed by atoms with E-state index in [2.05, 4.69) is 11.1 Å². The van der Waals surface area contributed by atoms with Gasteiger partial charge in [0.2, 0.25) is 0 Å². The third kappa shape index (κ3) is 2.80. The molecule has 0 radical (unpaired) electrons. The molecule has 0 saturated carbocycles. The summed E-state index contributed by atoms with van der Waals surface area (Å²) in [4.78, 5) is 16.4. The number of nitrogens with zero attached hydrogens (tertiary/aromatic N) is 1. The first-order valence-corrected chi connectivity index (χ1v) is 8.58. The number of ether oxygens (including phenoxy) is 2. The average molecular weight is 349 g/mol. The van der Waals surface area contributed by atoms with E-state index in [4.69, 9.17) is 9.47 Å². The van der Waals surface area contributed by atoms with Crippen LogP contribution in [0.1, 0.15) is 23.7 Å². The van der Waals surface area contributed by atoms with Crippen molar-refractivity contribution >= 4 is 16.9 Å². The Balaban J connectivity index is 1.93. The molecule has 0 spiro atoms. The van der Waals surface area contributed by atoms with Crippen LogP contribution in [-0.2, 0) is 16.0 Å². The standard InChI is InChI=1S/C21H19NO4/c1-25-21(24)20(23)19-15(7-8-17-16(19)5-2-10-22-17)13-6-9-18-14(12-13)4-3-11-26-18/h2,5-10,12,20,23H,3-4,11H2,1H3. The molecule has 1 aliphatic heterocycles. The van der Waals surface area contributed by atoms with Gasteiger partial charge in [0.05, 0.1) is 19.2 Å². The Morgan fingerprint density at radius 1 is 1.27 bits per heavy atom. The van der Waals surface area contributed by atoms with Gasteiger partial charge in [0, 0.05) is 17.1 Å². The fraction of sp³-hybridized carbons (Fsp3) is 0.238. The molecule has 2 heterocycles. The number of aryl methyl sites for hydroxylation is 1. The second kappa shape index (κ2) is 6.77. The molecule has 5 heteroatoms. The molecular formula is C21H19NO4. The molecule has 2 aromatic carbocycles. The summed E-state index contributed by atoms with van der Waals surface area (Å²) in [6.07, 6.45) is 2.24. The maximum Gasteiger partial charge on any atom is 0.339 e. The van der Waals surface area contributed by atoms with E-state index < -0.39 is 12.1 Å². The van der Waals surface area contributed by atoms with Crippen molar-refractivity contribution in [1.82, 2.24) is 4.98 Å². The summed E-state index contributed by atoms with van der Waals surface area (Å²) in [5, 5.41) is 11.4. The third-order valence-electron chi connectivity index (χ3n) is 4.74. The Bertz CT molecular complexity index is 983. The smallest absolute Gasteiger partial charge is 0.339 e. The van der Waals surface area contributed by atoms with Gasteiger partial charge >= 0.3 is 5.97 Å². The molecule has 1 N–H and O–H groups in total. The number of hydrogen-bond acceptors (Lipinski definition) is 5. The lowest BCUT2D eigenvalue weighted by molar-refractivity contribution is -0.150. The van der Waals surface area contributed by atoms with Crippen molar-refractivity contribution in [2.24, 2.45) is 0 Å². The molecule has 0 amide bonds. The van der Waals surface area contributed by atoms with Crippen LogP contribution in [0.15, 0.2) is 48.7 Å². The molecule has 4 rings (SSSR count). The number of hydrogen-bond donors (Lipinski definition) is 1. The number of carbonyl (C=O) groups is 1. The molecule has 26 heavy (non-hydrogen) atoms. The fourth-order valence-electron chi connectivity index (χ4n) is 3.48. The predicted octanol–water partition coefficient (Wildman–Crippen LogP) is 3.43. The summed E-state index contributed by atoms with van der Waals surface area (Å²) in [6, 6.07) is 13.4. The van der Waals surface area contributed by atoms with Gasteiger partial charge in [-0.25, -0.2) is 4.79 Å². The average Bonchev–Trinajstić information content (AvgIpc) is 2.71. The van der Waals surface area contributed by atoms with Crippen molar-refractivity contribution in [3.63, 3.8) is 0 Å². The lowest BCUT2D eigenvalue weighted by Crippen LogP contribution is -2.15. The molecule has 3 aromatic rings. The molecule has 1 aliphatic rings. The summed E-state index contributed by atoms with van der Waals surface area (Å²) < 4.78 is 10.5. The second-order valence-electron chi connectivity index (χ2n) is 6.30. The van der Waals surface area contributed by atoms with Crippen molar-refractivity contribution in [2.75, 3.05) is 13.7 Å². The largest absolute Gasteiger partial charge is 0.493 e. The summed E-state index contributed by atoms with van der Waals surface area (Å²) in [5.74, 6) is 0.210. The highest BCUT2D eigenvalue weighted by Gasteiger charge is 2.25. The van der Waals surface area contributed by atoms with Gasteiger partial charge in [-0.3, -0.25) is 4.98 Å². The first-order chi connectivity index (χ1) is 12.7. The minimum atomic E-state index is -1.38. The fourth-order valence-corrected chi connectivity index (χ4v) is 3.48. The molecule has 0 fully saturated rings. The van der Waals surface area contributed by atoms with Crippen LogP contribution in [0.5, 0.6) is 5.75 Å². The van der Waals surface area contributed by atoms with Crippen molar-refractivity contribution in [1.29, 1.82) is 0 Å². The van der Waals surface area contributed by atoms with Gasteiger partial charge in [-0.1, -0.05) is 18.2 Å². The van der Waals surface area contributed by atoms with Crippen LogP contribution < -0.4 is 4.74 Å². The van der Waals surface area contributed by atoms with Crippen LogP contribution in [0.4, 0.5) is 0 Å². The molecule has 5 nitrogen and oxygen atoms in total. The van der Waals surface area contributed by atoms with Crippen molar-refractivity contribution in [3.8, 4) is 16.9 Å². The highest BCUT2D eigenvalue weighted by molar-refractivity contribution is 5.94. The summed E-state index contributed by atoms with van der Waals surface area (Å²) in [6.45, 7) is 0.736. The molecule has 132 valence electrons. The van der Waals surface area contributed by atoms with Crippen LogP contribution in [0.3, 0.4) is 0 Å². The van der Waals surface area contributed by atoms with Gasteiger partial charge in [0.15, 0.2) is 6.10 Å². The Labute approximate surface area is 151 Å². The second-order valence-corrected chi connectivity index (χ2v) is 6.30. The topological polar surface area (TPSA) is 68.7 Å². The number of pyridine rings is 1. The monoisotopic (exact) mass is 349 g/mol. The van der Waals surface area contributed by atoms with Crippen LogP contribution in [0.25, 0.3) is 22.0 Å². The van der Waals surface area contributed by atoms with E-state index in [1.807, 2.05) is 30.3 Å². The number of aliphatic hydroxyl groups is 1. The van der Waals surface area contributed by atoms with Gasteiger partial charge in [-0.15, -0.1) is 0 Å². The van der Waals surface area contributed by atoms with Crippen LogP contribution >= 0.6 is 0 Å². The summed E-state index contributed by atoms with van der Waals surface area (Å²) in [5.41, 5.74) is 4.09. The summed E-state index contributed by atoms with van der Waals surface area (Å²) in [7, 11) is 1.27. The molecule has 0 saturated heterocycles. The SMILES string of the molecule is COC(=O)C(O)c1c(-c2ccc3c(c2)CCCO3)ccc2ncccc12. The van der Waals surface area contributed by atoms with Gasteiger partial charge in [0.25, 0.3) is 0 Å². The van der Waals surface area contributed by atoms with Crippen LogP contribution in [0, 0.1) is 0 Å². The molecule has 1 atom stereocenters. The molecule has 1 aromatic heterocycles. The van der Waals surface area contributed by atoms with E-state index in [1.54, 1.807) is 12.3 Å². The van der Waals surface area contributed by atoms with E-state index in [0.717, 1.165) is 52.8 Å². The van der Waals surface area contributed by atoms with E-state index in [-0.39, 0.29) is 0 Å². The number of aliphatic hydroxyl groups excluding tert-OH is 1. The van der Waals surface area contributed by atoms with E-state index in [9.17, 15) is 9.90 Å². The quantitative estimate of drug-likeness (QED) is 0.734. The maximum absolute atomic E-state index is 12.1. The maximum atomic E-state index is 12.1. The molecule has 0 aliphatic carbocycles. The molecule has 1 unspecified atom stereocenters. The number of esters is 1. The van der Waals surface area contributed by atoms with Crippen molar-refractivity contribution in [3.05, 3.63) is 59.8 Å². The van der Waals surface area contributed by atoms with Crippen LogP contribution in [0.2, 0.25) is 0 Å². The van der Waals surface area contributed by atoms with Gasteiger partial charge in [-0.05, 0) is 53.8 Å². The summed E-state index contributed by atoms with van der Waals surface area (Å²) >= 11 is 0. The number of methoxy groups -OCH3 is 1. The first kappa shape index (κ1) is 16.5. The van der Waals surface area contributed by atoms with Gasteiger partial charge in [0.1, 0.15) is 5.75 Å². The normalized spacial score (nSPS) is 14.4. The van der Waals surface area contributed by atoms with E-state index in [1.165, 1.54) is 7.11 Å². The zero-order chi connectivity index (χ0) is 18.1. The Morgan fingerprint density at radius 3 is 3.00 bits per heavy atom. The minimum absolute atomic E-state index is 0.513. The van der Waals surface area contributed by atoms with E-state index in [0.29, 0.717) is 5.56 Å². The van der Waals surface area contributed by atoms with Gasteiger partial charge < -0.3 is 14.6 Å². The number of rotatable bonds is 3. The first-order valence-electron chi connectivity index (χ1n) is 8.58. The van der Waals surface area contributed by atoms with Crippen molar-refractivity contribution in [2.45, 2.75) is 18.9 Å². The molecular weight excluding hydrogens is 330 g/mol. The van der Waals surface area contributed by atoms with Crippen LogP contribution in [-0.4, -0.2) is 29.8 Å². The lowest BCUT2D eigenvalue weighted by Gasteiger charge is -2.20. The zero-order valence-corrected chi connectivity index (χ0v) is 14.4. The third-order valence-corrected chi connectivity index (χ3v) is 4.74. The Kier molecular flexibility index (Phi) is 4.31. The zero-order valence-electron chi connectivity index (χ0n) is 14.4.